The van der Waals surface area contributed by atoms with Crippen LogP contribution in [-0.4, -0.2) is 18.1 Å². The van der Waals surface area contributed by atoms with Gasteiger partial charge in [-0.15, -0.1) is 0 Å². The summed E-state index contributed by atoms with van der Waals surface area (Å²) in [7, 11) is 0. The van der Waals surface area contributed by atoms with Crippen molar-refractivity contribution in [3.05, 3.63) is 0 Å². The molecule has 87 valence electrons. The fraction of sp³-hybridized carbons (Fsp3) is 1.00. The first-order valence-electron chi connectivity index (χ1n) is 4.74. The second-order valence-electron chi connectivity index (χ2n) is 2.84. The van der Waals surface area contributed by atoms with Crippen LogP contribution in [0.2, 0.25) is 0 Å². The van der Waals surface area contributed by atoms with Crippen molar-refractivity contribution in [1.29, 1.82) is 0 Å². The number of unbranched alkanes of at least 4 members (excludes halogenated alkanes) is 2. The summed E-state index contributed by atoms with van der Waals surface area (Å²) in [5, 5.41) is 0. The van der Waals surface area contributed by atoms with Crippen LogP contribution in [0.4, 0.5) is 0 Å². The maximum Gasteiger partial charge on any atom is 0.324 e. The fourth-order valence-corrected chi connectivity index (χ4v) is 1.93. The van der Waals surface area contributed by atoms with E-state index in [1.807, 2.05) is 0 Å². The molecule has 0 amide bonds. The summed E-state index contributed by atoms with van der Waals surface area (Å²) in [5.74, 6) is 0. The Balaban J connectivity index is 0. The van der Waals surface area contributed by atoms with E-state index in [1.165, 1.54) is 0 Å². The molecular weight excluding hydrogens is 359 g/mol. The topological polar surface area (TPSA) is 38.7 Å². The number of rotatable bonds is 8. The Morgan fingerprint density at radius 1 is 1.07 bits per heavy atom. The molecule has 3 nitrogen and oxygen atoms in total. The van der Waals surface area contributed by atoms with Gasteiger partial charge in [0.05, 0.1) is 13.2 Å². The Hall–Kier alpha value is 2.11. The van der Waals surface area contributed by atoms with Gasteiger partial charge >= 0.3 is 6.72 Å². The zero-order valence-electron chi connectivity index (χ0n) is 8.74. The minimum atomic E-state index is -2.92. The molecule has 0 rings (SSSR count). The summed E-state index contributed by atoms with van der Waals surface area (Å²) in [4.78, 5) is 9.45. The van der Waals surface area contributed by atoms with Crippen molar-refractivity contribution in [2.24, 2.45) is 0 Å². The van der Waals surface area contributed by atoms with Gasteiger partial charge in [0.25, 0.3) is 0 Å². The van der Waals surface area contributed by atoms with Gasteiger partial charge < -0.3 is 13.9 Å². The normalized spacial score (nSPS) is 11.1. The molecule has 0 bridgehead atoms. The van der Waals surface area contributed by atoms with Gasteiger partial charge in [0.1, 0.15) is 0 Å². The zero-order chi connectivity index (χ0) is 10.2. The Morgan fingerprint density at radius 3 is 1.71 bits per heavy atom. The summed E-state index contributed by atoms with van der Waals surface area (Å²) in [5.41, 5.74) is 0. The van der Waals surface area contributed by atoms with Crippen molar-refractivity contribution in [3.8, 4) is 0 Å². The molecule has 0 unspecified atom stereocenters. The molecule has 0 saturated carbocycles. The third kappa shape index (κ3) is 12.2. The van der Waals surface area contributed by atoms with Crippen molar-refractivity contribution < 1.29 is 63.3 Å². The number of hydrogen-bond donors (Lipinski definition) is 1. The molecule has 0 heterocycles. The van der Waals surface area contributed by atoms with Gasteiger partial charge in [0.15, 0.2) is 0 Å². The van der Waals surface area contributed by atoms with Crippen LogP contribution in [0.3, 0.4) is 0 Å². The van der Waals surface area contributed by atoms with E-state index < -0.39 is 6.72 Å². The SMILES string of the molecule is CCCCOP(O)(=S)OCCCC.[Eu]. The third-order valence-corrected chi connectivity index (χ3v) is 3.15. The van der Waals surface area contributed by atoms with Crippen molar-refractivity contribution in [3.63, 3.8) is 0 Å². The summed E-state index contributed by atoms with van der Waals surface area (Å²) >= 11 is 4.79. The average molecular weight is 378 g/mol. The van der Waals surface area contributed by atoms with E-state index in [4.69, 9.17) is 20.9 Å². The van der Waals surface area contributed by atoms with Gasteiger partial charge in [-0.05, 0) is 24.6 Å². The molecule has 0 aromatic heterocycles. The minimum absolute atomic E-state index is 0. The maximum atomic E-state index is 9.45. The average Bonchev–Trinajstić information content (AvgIpc) is 2.05. The van der Waals surface area contributed by atoms with Crippen LogP contribution in [0.15, 0.2) is 0 Å². The summed E-state index contributed by atoms with van der Waals surface area (Å²) in [6.07, 6.45) is 3.89. The molecule has 6 heteroatoms. The predicted octanol–water partition coefficient (Wildman–Crippen LogP) is 2.84. The van der Waals surface area contributed by atoms with Crippen LogP contribution in [0.25, 0.3) is 0 Å². The molecule has 0 aromatic carbocycles. The van der Waals surface area contributed by atoms with E-state index in [1.54, 1.807) is 0 Å². The molecule has 0 aliphatic heterocycles. The molecule has 0 aliphatic rings. The first kappa shape index (κ1) is 18.5. The van der Waals surface area contributed by atoms with Gasteiger partial charge in [0.2, 0.25) is 0 Å². The number of hydrogen-bond acceptors (Lipinski definition) is 3. The van der Waals surface area contributed by atoms with Crippen LogP contribution in [-0.2, 0) is 20.9 Å². The quantitative estimate of drug-likeness (QED) is 0.521. The largest absolute Gasteiger partial charge is 0.324 e. The molecule has 0 aromatic rings. The van der Waals surface area contributed by atoms with E-state index in [9.17, 15) is 4.89 Å². The first-order chi connectivity index (χ1) is 6.12. The Labute approximate surface area is 133 Å². The molecule has 0 aliphatic carbocycles. The molecule has 0 atom stereocenters. The first-order valence-corrected chi connectivity index (χ1v) is 7.33. The van der Waals surface area contributed by atoms with E-state index in [0.717, 1.165) is 25.7 Å². The third-order valence-electron chi connectivity index (χ3n) is 1.50. The van der Waals surface area contributed by atoms with Gasteiger partial charge in [0, 0.05) is 49.4 Å². The van der Waals surface area contributed by atoms with Gasteiger partial charge in [-0.25, -0.2) is 0 Å². The van der Waals surface area contributed by atoms with Gasteiger partial charge in [-0.1, -0.05) is 26.7 Å². The molecule has 0 spiro atoms. The molecular formula is C8H19EuO3PS. The smallest absolute Gasteiger partial charge is 0.324 e. The zero-order valence-corrected chi connectivity index (χ0v) is 12.9. The Bertz CT molecular complexity index is 155. The van der Waals surface area contributed by atoms with Crippen LogP contribution < -0.4 is 0 Å². The summed E-state index contributed by atoms with van der Waals surface area (Å²) < 4.78 is 10.2. The van der Waals surface area contributed by atoms with Gasteiger partial charge in [-0.3, -0.25) is 0 Å². The summed E-state index contributed by atoms with van der Waals surface area (Å²) in [6, 6.07) is 0. The Kier molecular flexibility index (Phi) is 15.3. The standard InChI is InChI=1S/C8H19O3PS.Eu/c1-3-5-7-10-12(9,13)11-8-6-4-2;/h3-8H2,1-2H3,(H,9,13);. The van der Waals surface area contributed by atoms with Crippen molar-refractivity contribution >= 4 is 18.5 Å². The monoisotopic (exact) mass is 379 g/mol. The van der Waals surface area contributed by atoms with Crippen LogP contribution in [0.5, 0.6) is 0 Å². The molecule has 14 heavy (non-hydrogen) atoms. The second-order valence-corrected chi connectivity index (χ2v) is 5.68. The van der Waals surface area contributed by atoms with Crippen molar-refractivity contribution in [2.75, 3.05) is 13.2 Å². The Morgan fingerprint density at radius 2 is 1.43 bits per heavy atom. The van der Waals surface area contributed by atoms with E-state index in [-0.39, 0.29) is 49.4 Å². The van der Waals surface area contributed by atoms with Crippen molar-refractivity contribution in [1.82, 2.24) is 0 Å². The molecule has 1 radical (unpaired) electrons. The van der Waals surface area contributed by atoms with Gasteiger partial charge in [-0.2, -0.15) is 0 Å². The molecule has 0 saturated heterocycles. The molecule has 1 N–H and O–H groups in total. The van der Waals surface area contributed by atoms with Crippen LogP contribution in [0.1, 0.15) is 39.5 Å². The minimum Gasteiger partial charge on any atom is -0.324 e. The second kappa shape index (κ2) is 11.6. The molecule has 0 fully saturated rings. The van der Waals surface area contributed by atoms with E-state index >= 15 is 0 Å². The van der Waals surface area contributed by atoms with E-state index in [0.29, 0.717) is 13.2 Å². The van der Waals surface area contributed by atoms with E-state index in [2.05, 4.69) is 13.8 Å². The van der Waals surface area contributed by atoms with Crippen molar-refractivity contribution in [2.45, 2.75) is 39.5 Å². The van der Waals surface area contributed by atoms with Crippen LogP contribution >= 0.6 is 6.72 Å². The maximum absolute atomic E-state index is 9.45. The van der Waals surface area contributed by atoms with Crippen LogP contribution in [0, 0.1) is 49.4 Å². The fourth-order valence-electron chi connectivity index (χ4n) is 0.686. The summed E-state index contributed by atoms with van der Waals surface area (Å²) in [6.45, 7) is 2.19. The predicted molar refractivity (Wildman–Crippen MR) is 58.2 cm³/mol.